The molecule has 0 aliphatic heterocycles. The number of benzene rings is 1. The van der Waals surface area contributed by atoms with Gasteiger partial charge >= 0.3 is 0 Å². The maximum atomic E-state index is 5.75. The van der Waals surface area contributed by atoms with Crippen molar-refractivity contribution in [3.8, 4) is 5.75 Å². The lowest BCUT2D eigenvalue weighted by molar-refractivity contribution is 0.172. The predicted molar refractivity (Wildman–Crippen MR) is 130 cm³/mol. The Kier molecular flexibility index (Phi) is 13.1. The van der Waals surface area contributed by atoms with Gasteiger partial charge in [0.15, 0.2) is 11.8 Å². The highest BCUT2D eigenvalue weighted by atomic mass is 127. The zero-order valence-electron chi connectivity index (χ0n) is 18.3. The minimum atomic E-state index is 0. The van der Waals surface area contributed by atoms with Crippen molar-refractivity contribution >= 4 is 35.6 Å². The van der Waals surface area contributed by atoms with Gasteiger partial charge in [0.05, 0.1) is 6.61 Å². The van der Waals surface area contributed by atoms with Gasteiger partial charge in [-0.15, -0.1) is 24.0 Å². The van der Waals surface area contributed by atoms with Crippen molar-refractivity contribution in [1.29, 1.82) is 0 Å². The van der Waals surface area contributed by atoms with Gasteiger partial charge in [0.1, 0.15) is 5.75 Å². The molecule has 0 radical (unpaired) electrons. The number of aliphatic imine (C=N–C) groups is 1. The highest BCUT2D eigenvalue weighted by molar-refractivity contribution is 14.0. The monoisotopic (exact) mass is 531 g/mol. The van der Waals surface area contributed by atoms with Gasteiger partial charge in [-0.1, -0.05) is 25.1 Å². The third kappa shape index (κ3) is 9.75. The number of hydrogen-bond acceptors (Lipinski definition) is 6. The van der Waals surface area contributed by atoms with E-state index in [2.05, 4.69) is 25.8 Å². The van der Waals surface area contributed by atoms with Crippen LogP contribution in [-0.2, 0) is 11.2 Å². The van der Waals surface area contributed by atoms with Crippen LogP contribution in [0.15, 0.2) is 33.8 Å². The van der Waals surface area contributed by atoms with Crippen molar-refractivity contribution in [3.05, 3.63) is 36.0 Å². The molecule has 2 aromatic rings. The lowest BCUT2D eigenvalue weighted by Crippen LogP contribution is -2.30. The lowest BCUT2D eigenvalue weighted by Gasteiger charge is -2.13. The van der Waals surface area contributed by atoms with Crippen molar-refractivity contribution < 1.29 is 14.0 Å². The van der Waals surface area contributed by atoms with Crippen molar-refractivity contribution in [3.63, 3.8) is 0 Å². The molecule has 168 valence electrons. The molecule has 0 atom stereocenters. The Morgan fingerprint density at radius 1 is 1.23 bits per heavy atom. The normalized spacial score (nSPS) is 11.3. The van der Waals surface area contributed by atoms with Gasteiger partial charge in [0.2, 0.25) is 5.89 Å². The third-order valence-electron chi connectivity index (χ3n) is 4.02. The summed E-state index contributed by atoms with van der Waals surface area (Å²) >= 11 is 0. The number of aryl methyl sites for hydroxylation is 1. The molecule has 0 amide bonds. The molecule has 1 aromatic heterocycles. The lowest BCUT2D eigenvalue weighted by atomic mass is 10.2. The summed E-state index contributed by atoms with van der Waals surface area (Å²) in [6.07, 6.45) is 2.41. The minimum absolute atomic E-state index is 0. The molecule has 2 rings (SSSR count). The Balaban J connectivity index is 0.00000450. The van der Waals surface area contributed by atoms with Crippen molar-refractivity contribution in [2.24, 2.45) is 4.99 Å². The van der Waals surface area contributed by atoms with Crippen LogP contribution in [0.25, 0.3) is 0 Å². The molecule has 1 heterocycles. The highest BCUT2D eigenvalue weighted by Crippen LogP contribution is 2.17. The van der Waals surface area contributed by atoms with Crippen LogP contribution in [0.5, 0.6) is 5.75 Å². The van der Waals surface area contributed by atoms with E-state index < -0.39 is 0 Å². The first kappa shape index (κ1) is 26.2. The quantitative estimate of drug-likeness (QED) is 0.183. The molecule has 0 spiro atoms. The molecule has 0 saturated heterocycles. The molecule has 0 fully saturated rings. The van der Waals surface area contributed by atoms with E-state index in [4.69, 9.17) is 14.0 Å². The van der Waals surface area contributed by atoms with Gasteiger partial charge in [-0.3, -0.25) is 4.99 Å². The van der Waals surface area contributed by atoms with E-state index in [0.29, 0.717) is 32.1 Å². The first-order valence-electron chi connectivity index (χ1n) is 10.2. The Hall–Kier alpha value is -1.88. The second-order valence-corrected chi connectivity index (χ2v) is 6.91. The van der Waals surface area contributed by atoms with Crippen LogP contribution in [0, 0.1) is 0 Å². The summed E-state index contributed by atoms with van der Waals surface area (Å²) in [5.41, 5.74) is 0.924. The second-order valence-electron chi connectivity index (χ2n) is 6.91. The maximum absolute atomic E-state index is 5.75. The maximum Gasteiger partial charge on any atom is 0.226 e. The van der Waals surface area contributed by atoms with Crippen LogP contribution in [0.3, 0.4) is 0 Å². The molecule has 1 aromatic carbocycles. The van der Waals surface area contributed by atoms with E-state index in [1.807, 2.05) is 45.0 Å². The van der Waals surface area contributed by atoms with Crippen molar-refractivity contribution in [2.75, 3.05) is 38.7 Å². The summed E-state index contributed by atoms with van der Waals surface area (Å²) in [7, 11) is 1.69. The molecule has 0 aliphatic rings. The average Bonchev–Trinajstić information content (AvgIpc) is 3.18. The molecule has 0 bridgehead atoms. The van der Waals surface area contributed by atoms with Crippen LogP contribution < -0.4 is 15.4 Å². The summed E-state index contributed by atoms with van der Waals surface area (Å²) in [5.74, 6) is 3.24. The van der Waals surface area contributed by atoms with Gasteiger partial charge in [-0.05, 0) is 25.5 Å². The first-order valence-corrected chi connectivity index (χ1v) is 10.2. The number of nitrogens with zero attached hydrogens (tertiary/aromatic N) is 3. The van der Waals surface area contributed by atoms with E-state index in [0.717, 1.165) is 42.6 Å². The first-order chi connectivity index (χ1) is 14.1. The Morgan fingerprint density at radius 3 is 2.77 bits per heavy atom. The van der Waals surface area contributed by atoms with Gasteiger partial charge in [0.25, 0.3) is 0 Å². The number of methoxy groups -OCH3 is 1. The summed E-state index contributed by atoms with van der Waals surface area (Å²) in [6, 6.07) is 7.85. The zero-order valence-corrected chi connectivity index (χ0v) is 20.6. The standard InChI is InChI=1S/C21H33N5O3.HI/c1-5-22-21(23-12-7-11-19-25-20(16(2)3)26-29-19)24-17-9-6-10-18(15-17)28-14-8-13-27-4;/h6,9-10,15-16H,5,7-8,11-14H2,1-4H3,(H2,22,23,24);1H. The van der Waals surface area contributed by atoms with Crippen LogP contribution in [0.4, 0.5) is 5.69 Å². The zero-order chi connectivity index (χ0) is 20.9. The van der Waals surface area contributed by atoms with Gasteiger partial charge in [-0.2, -0.15) is 4.98 Å². The van der Waals surface area contributed by atoms with Crippen LogP contribution in [0.1, 0.15) is 51.2 Å². The van der Waals surface area contributed by atoms with E-state index in [1.165, 1.54) is 0 Å². The number of ether oxygens (including phenoxy) is 2. The third-order valence-corrected chi connectivity index (χ3v) is 4.02. The molecule has 9 heteroatoms. The largest absolute Gasteiger partial charge is 0.493 e. The summed E-state index contributed by atoms with van der Waals surface area (Å²) in [5, 5.41) is 10.6. The van der Waals surface area contributed by atoms with E-state index >= 15 is 0 Å². The molecule has 2 N–H and O–H groups in total. The summed E-state index contributed by atoms with van der Waals surface area (Å²) in [6.45, 7) is 8.89. The average molecular weight is 531 g/mol. The fraction of sp³-hybridized carbons (Fsp3) is 0.571. The number of nitrogens with one attached hydrogen (secondary N) is 2. The fourth-order valence-electron chi connectivity index (χ4n) is 2.53. The number of halogens is 1. The minimum Gasteiger partial charge on any atom is -0.493 e. The van der Waals surface area contributed by atoms with Gasteiger partial charge in [-0.25, -0.2) is 0 Å². The molecular weight excluding hydrogens is 497 g/mol. The second kappa shape index (κ2) is 15.0. The molecule has 0 aliphatic carbocycles. The Bertz CT molecular complexity index is 752. The van der Waals surface area contributed by atoms with E-state index in [1.54, 1.807) is 7.11 Å². The Labute approximate surface area is 196 Å². The number of hydrogen-bond donors (Lipinski definition) is 2. The Morgan fingerprint density at radius 2 is 2.07 bits per heavy atom. The van der Waals surface area contributed by atoms with Crippen molar-refractivity contribution in [1.82, 2.24) is 15.5 Å². The summed E-state index contributed by atoms with van der Waals surface area (Å²) in [4.78, 5) is 9.03. The van der Waals surface area contributed by atoms with Crippen LogP contribution >= 0.6 is 24.0 Å². The topological polar surface area (TPSA) is 93.8 Å². The fourth-order valence-corrected chi connectivity index (χ4v) is 2.53. The summed E-state index contributed by atoms with van der Waals surface area (Å²) < 4.78 is 16.1. The smallest absolute Gasteiger partial charge is 0.226 e. The van der Waals surface area contributed by atoms with E-state index in [9.17, 15) is 0 Å². The highest BCUT2D eigenvalue weighted by Gasteiger charge is 2.09. The molecule has 30 heavy (non-hydrogen) atoms. The van der Waals surface area contributed by atoms with Crippen LogP contribution in [-0.4, -0.2) is 49.5 Å². The van der Waals surface area contributed by atoms with Gasteiger partial charge in [0, 0.05) is 57.3 Å². The molecule has 0 unspecified atom stereocenters. The molecule has 8 nitrogen and oxygen atoms in total. The number of guanidine groups is 1. The number of aromatic nitrogens is 2. The number of rotatable bonds is 12. The van der Waals surface area contributed by atoms with E-state index in [-0.39, 0.29) is 29.9 Å². The number of anilines is 1. The molecular formula is C21H34IN5O3. The SMILES string of the molecule is CCNC(=NCCCc1nc(C(C)C)no1)Nc1cccc(OCCCOC)c1.I. The molecule has 0 saturated carbocycles. The van der Waals surface area contributed by atoms with Crippen LogP contribution in [0.2, 0.25) is 0 Å². The van der Waals surface area contributed by atoms with Gasteiger partial charge < -0.3 is 24.6 Å². The predicted octanol–water partition coefficient (Wildman–Crippen LogP) is 4.24. The van der Waals surface area contributed by atoms with Crippen molar-refractivity contribution in [2.45, 2.75) is 46.0 Å².